The van der Waals surface area contributed by atoms with Crippen LogP contribution in [0.3, 0.4) is 0 Å². The molecular weight excluding hydrogens is 484 g/mol. The number of aryl methyl sites for hydroxylation is 1. The molecule has 0 saturated carbocycles. The lowest BCUT2D eigenvalue weighted by molar-refractivity contribution is -0.137. The Labute approximate surface area is 222 Å². The van der Waals surface area contributed by atoms with Crippen LogP contribution in [0.4, 0.5) is 5.69 Å². The van der Waals surface area contributed by atoms with Crippen LogP contribution >= 0.6 is 0 Å². The van der Waals surface area contributed by atoms with E-state index in [1.807, 2.05) is 17.7 Å². The molecule has 0 bridgehead atoms. The molecule has 0 spiro atoms. The van der Waals surface area contributed by atoms with Crippen LogP contribution in [0, 0.1) is 17.2 Å². The van der Waals surface area contributed by atoms with E-state index in [1.165, 1.54) is 13.1 Å². The first-order chi connectivity index (χ1) is 18.1. The second-order valence-corrected chi connectivity index (χ2v) is 9.84. The molecule has 38 heavy (non-hydrogen) atoms. The Hall–Kier alpha value is -4.03. The lowest BCUT2D eigenvalue weighted by Gasteiger charge is -2.13. The number of carbonyl (C=O) groups excluding carboxylic acids is 2. The predicted octanol–water partition coefficient (Wildman–Crippen LogP) is 4.92. The van der Waals surface area contributed by atoms with E-state index in [4.69, 9.17) is 5.11 Å². The number of aliphatic carboxylic acids is 1. The van der Waals surface area contributed by atoms with Gasteiger partial charge in [-0.15, -0.1) is 0 Å². The largest absolute Gasteiger partial charge is 0.481 e. The Morgan fingerprint density at radius 3 is 2.61 bits per heavy atom. The summed E-state index contributed by atoms with van der Waals surface area (Å²) >= 11 is 0. The highest BCUT2D eigenvalue weighted by molar-refractivity contribution is 6.09. The van der Waals surface area contributed by atoms with Crippen molar-refractivity contribution in [3.63, 3.8) is 0 Å². The van der Waals surface area contributed by atoms with Crippen molar-refractivity contribution >= 4 is 34.4 Å². The summed E-state index contributed by atoms with van der Waals surface area (Å²) in [4.78, 5) is 40.1. The van der Waals surface area contributed by atoms with E-state index in [0.29, 0.717) is 40.7 Å². The van der Waals surface area contributed by atoms with Gasteiger partial charge in [0, 0.05) is 55.3 Å². The molecule has 3 rings (SSSR count). The Morgan fingerprint density at radius 2 is 1.92 bits per heavy atom. The number of aliphatic hydroxyl groups is 1. The fourth-order valence-electron chi connectivity index (χ4n) is 4.81. The van der Waals surface area contributed by atoms with Crippen LogP contribution in [-0.4, -0.2) is 37.4 Å². The number of anilines is 1. The molecule has 9 nitrogen and oxygen atoms in total. The van der Waals surface area contributed by atoms with Gasteiger partial charge in [0.2, 0.25) is 5.91 Å². The molecule has 0 aliphatic heterocycles. The number of nitrogens with one attached hydrogen (secondary N) is 1. The highest BCUT2D eigenvalue weighted by Gasteiger charge is 2.24. The number of nitriles is 1. The molecule has 0 aliphatic carbocycles. The van der Waals surface area contributed by atoms with Crippen molar-refractivity contribution in [1.29, 1.82) is 5.26 Å². The number of benzene rings is 1. The third kappa shape index (κ3) is 7.26. The van der Waals surface area contributed by atoms with Crippen LogP contribution in [-0.2, 0) is 23.1 Å². The van der Waals surface area contributed by atoms with Gasteiger partial charge in [-0.1, -0.05) is 31.9 Å². The Bertz CT molecular complexity index is 1370. The van der Waals surface area contributed by atoms with E-state index in [-0.39, 0.29) is 30.4 Å². The van der Waals surface area contributed by atoms with Crippen molar-refractivity contribution in [3.05, 3.63) is 58.9 Å². The van der Waals surface area contributed by atoms with Crippen LogP contribution in [0.15, 0.2) is 36.5 Å². The number of Topliss-reactive ketones (excluding diaryl/α,β-unsaturated/α-hetero) is 1. The third-order valence-electron chi connectivity index (χ3n) is 6.59. The highest BCUT2D eigenvalue weighted by Crippen LogP contribution is 2.29. The van der Waals surface area contributed by atoms with Crippen LogP contribution in [0.25, 0.3) is 11.0 Å². The van der Waals surface area contributed by atoms with Gasteiger partial charge in [0.15, 0.2) is 5.78 Å². The second kappa shape index (κ2) is 13.0. The number of nitrogens with zero attached hydrogens (tertiary/aromatic N) is 3. The van der Waals surface area contributed by atoms with E-state index in [2.05, 4.69) is 16.4 Å². The number of rotatable bonds is 13. The van der Waals surface area contributed by atoms with E-state index >= 15 is 0 Å². The second-order valence-electron chi connectivity index (χ2n) is 9.84. The zero-order valence-corrected chi connectivity index (χ0v) is 22.0. The van der Waals surface area contributed by atoms with Gasteiger partial charge in [-0.2, -0.15) is 5.26 Å². The van der Waals surface area contributed by atoms with E-state index in [9.17, 15) is 24.8 Å². The van der Waals surface area contributed by atoms with Crippen molar-refractivity contribution in [2.75, 3.05) is 5.32 Å². The van der Waals surface area contributed by atoms with Crippen LogP contribution in [0.1, 0.15) is 85.7 Å². The number of aliphatic hydroxyl groups excluding tert-OH is 1. The summed E-state index contributed by atoms with van der Waals surface area (Å²) in [6.07, 6.45) is 4.37. The maximum atomic E-state index is 13.3. The molecule has 0 aliphatic rings. The number of amides is 1. The number of carboxylic acid groups (broad SMARTS) is 1. The number of unbranched alkanes of at least 4 members (excludes halogenated alkanes) is 2. The minimum absolute atomic E-state index is 0.0937. The summed E-state index contributed by atoms with van der Waals surface area (Å²) in [5.74, 6) is -1.58. The molecule has 2 atom stereocenters. The Kier molecular flexibility index (Phi) is 9.74. The van der Waals surface area contributed by atoms with Gasteiger partial charge < -0.3 is 20.1 Å². The fourth-order valence-corrected chi connectivity index (χ4v) is 4.81. The van der Waals surface area contributed by atoms with Crippen molar-refractivity contribution in [2.24, 2.45) is 13.0 Å². The molecular formula is C29H34N4O5. The van der Waals surface area contributed by atoms with Gasteiger partial charge in [0.05, 0.1) is 11.7 Å². The lowest BCUT2D eigenvalue weighted by atomic mass is 9.94. The summed E-state index contributed by atoms with van der Waals surface area (Å²) in [5.41, 5.74) is 3.69. The lowest BCUT2D eigenvalue weighted by Crippen LogP contribution is -2.12. The summed E-state index contributed by atoms with van der Waals surface area (Å²) in [7, 11) is 1.85. The zero-order chi connectivity index (χ0) is 27.8. The van der Waals surface area contributed by atoms with E-state index in [1.54, 1.807) is 31.2 Å². The molecule has 3 N–H and O–H groups in total. The van der Waals surface area contributed by atoms with E-state index < -0.39 is 12.1 Å². The van der Waals surface area contributed by atoms with Gasteiger partial charge in [-0.05, 0) is 48.9 Å². The van der Waals surface area contributed by atoms with Crippen molar-refractivity contribution in [3.8, 4) is 6.07 Å². The number of carboxylic acids is 1. The molecule has 9 heteroatoms. The molecule has 0 saturated heterocycles. The number of fused-ring (bicyclic) bond motifs is 1. The number of aromatic nitrogens is 2. The smallest absolute Gasteiger partial charge is 0.303 e. The minimum Gasteiger partial charge on any atom is -0.481 e. The summed E-state index contributed by atoms with van der Waals surface area (Å²) in [6.45, 7) is 3.18. The minimum atomic E-state index is -0.944. The maximum absolute atomic E-state index is 13.3. The van der Waals surface area contributed by atoms with Gasteiger partial charge >= 0.3 is 5.97 Å². The van der Waals surface area contributed by atoms with Gasteiger partial charge in [-0.25, -0.2) is 4.98 Å². The van der Waals surface area contributed by atoms with Crippen LogP contribution in [0.5, 0.6) is 0 Å². The predicted molar refractivity (Wildman–Crippen MR) is 144 cm³/mol. The Morgan fingerprint density at radius 1 is 1.16 bits per heavy atom. The molecule has 1 amide bonds. The van der Waals surface area contributed by atoms with Gasteiger partial charge in [0.1, 0.15) is 11.7 Å². The van der Waals surface area contributed by atoms with Crippen molar-refractivity contribution in [2.45, 2.75) is 64.9 Å². The monoisotopic (exact) mass is 518 g/mol. The first-order valence-corrected chi connectivity index (χ1v) is 12.8. The zero-order valence-electron chi connectivity index (χ0n) is 22.0. The SMILES string of the molecule is CC(=O)Nc1cccc(C(O)CCCCCc2c(C(=O)CC(C)CC(=O)O)c3cc(C#N)cnc3n2C)c1. The number of ketones is 1. The van der Waals surface area contributed by atoms with Gasteiger partial charge in [-0.3, -0.25) is 14.4 Å². The average Bonchev–Trinajstić information content (AvgIpc) is 3.13. The fraction of sp³-hybridized carbons (Fsp3) is 0.414. The quantitative estimate of drug-likeness (QED) is 0.215. The molecule has 3 aromatic rings. The first-order valence-electron chi connectivity index (χ1n) is 12.8. The molecule has 2 heterocycles. The maximum Gasteiger partial charge on any atom is 0.303 e. The standard InChI is InChI=1S/C29H34N4O5/c1-18(13-27(37)38)12-26(36)28-23-14-20(16-30)17-31-29(23)33(3)24(28)10-5-4-6-11-25(35)21-8-7-9-22(15-21)32-19(2)34/h7-9,14-15,17-18,25,35H,4-6,10-13H2,1-3H3,(H,32,34)(H,37,38). The number of hydrogen-bond donors (Lipinski definition) is 3. The van der Waals surface area contributed by atoms with Crippen LogP contribution in [0.2, 0.25) is 0 Å². The van der Waals surface area contributed by atoms with Crippen molar-refractivity contribution in [1.82, 2.24) is 9.55 Å². The van der Waals surface area contributed by atoms with Gasteiger partial charge in [0.25, 0.3) is 0 Å². The molecule has 0 fully saturated rings. The summed E-state index contributed by atoms with van der Waals surface area (Å²) < 4.78 is 1.88. The number of pyridine rings is 1. The Balaban J connectivity index is 1.69. The number of carbonyl (C=O) groups is 3. The third-order valence-corrected chi connectivity index (χ3v) is 6.59. The molecule has 0 radical (unpaired) electrons. The molecule has 2 unspecified atom stereocenters. The summed E-state index contributed by atoms with van der Waals surface area (Å²) in [6, 6.07) is 10.9. The molecule has 200 valence electrons. The average molecular weight is 519 g/mol. The molecule has 1 aromatic carbocycles. The van der Waals surface area contributed by atoms with Crippen molar-refractivity contribution < 1.29 is 24.6 Å². The van der Waals surface area contributed by atoms with E-state index in [0.717, 1.165) is 30.5 Å². The number of hydrogen-bond acceptors (Lipinski definition) is 6. The summed E-state index contributed by atoms with van der Waals surface area (Å²) in [5, 5.41) is 32.4. The molecule has 2 aromatic heterocycles. The normalized spacial score (nSPS) is 12.6. The highest BCUT2D eigenvalue weighted by atomic mass is 16.4. The topological polar surface area (TPSA) is 145 Å². The first kappa shape index (κ1) is 28.5. The van der Waals surface area contributed by atoms with Crippen LogP contribution < -0.4 is 5.32 Å².